The maximum Gasteiger partial charge on any atom is 0.260 e. The molecule has 4 aromatic rings. The summed E-state index contributed by atoms with van der Waals surface area (Å²) in [7, 11) is 0. The minimum atomic E-state index is -0.0599. The first-order chi connectivity index (χ1) is 15.7. The van der Waals surface area contributed by atoms with Gasteiger partial charge in [0, 0.05) is 44.1 Å². The number of nitrogens with zero attached hydrogens (tertiary/aromatic N) is 5. The maximum atomic E-state index is 13.6. The van der Waals surface area contributed by atoms with Crippen molar-refractivity contribution >= 4 is 43.6 Å². The number of anilines is 1. The number of morpholine rings is 1. The van der Waals surface area contributed by atoms with Crippen LogP contribution in [0.1, 0.15) is 22.3 Å². The van der Waals surface area contributed by atoms with Crippen molar-refractivity contribution in [3.63, 3.8) is 0 Å². The molecule has 5 rings (SSSR count). The average molecular weight is 448 g/mol. The van der Waals surface area contributed by atoms with Gasteiger partial charge in [-0.15, -0.1) is 0 Å². The van der Waals surface area contributed by atoms with Crippen molar-refractivity contribution < 1.29 is 9.53 Å². The summed E-state index contributed by atoms with van der Waals surface area (Å²) in [6.45, 7) is 7.04. The Morgan fingerprint density at radius 1 is 1.06 bits per heavy atom. The first-order valence-corrected chi connectivity index (χ1v) is 11.7. The number of carbonyl (C=O) groups is 1. The van der Waals surface area contributed by atoms with Gasteiger partial charge in [0.2, 0.25) is 0 Å². The van der Waals surface area contributed by atoms with Crippen LogP contribution in [0.5, 0.6) is 0 Å². The van der Waals surface area contributed by atoms with E-state index in [4.69, 9.17) is 9.72 Å². The van der Waals surface area contributed by atoms with Crippen molar-refractivity contribution in [1.82, 2.24) is 19.9 Å². The molecule has 1 fully saturated rings. The summed E-state index contributed by atoms with van der Waals surface area (Å²) in [5, 5.41) is 0.733. The molecule has 0 radical (unpaired) electrons. The van der Waals surface area contributed by atoms with Crippen LogP contribution in [0.4, 0.5) is 5.13 Å². The van der Waals surface area contributed by atoms with Crippen LogP contribution in [0.2, 0.25) is 0 Å². The standard InChI is InChI=1S/C24H25N5O2S/c1-17-3-5-20-22(15-17)32-24(27-20)29(10-2-9-28-11-13-31-14-12-28)23(30)18-4-6-19-21(16-18)26-8-7-25-19/h3-8,15-16H,2,9-14H2,1H3. The van der Waals surface area contributed by atoms with E-state index in [0.29, 0.717) is 17.6 Å². The number of hydrogen-bond donors (Lipinski definition) is 0. The number of fused-ring (bicyclic) bond motifs is 2. The summed E-state index contributed by atoms with van der Waals surface area (Å²) in [4.78, 5) is 31.3. The van der Waals surface area contributed by atoms with Crippen LogP contribution in [0.25, 0.3) is 21.3 Å². The van der Waals surface area contributed by atoms with Crippen LogP contribution in [0.3, 0.4) is 0 Å². The minimum Gasteiger partial charge on any atom is -0.379 e. The molecule has 1 saturated heterocycles. The lowest BCUT2D eigenvalue weighted by molar-refractivity contribution is 0.0376. The van der Waals surface area contributed by atoms with E-state index in [9.17, 15) is 4.79 Å². The van der Waals surface area contributed by atoms with Gasteiger partial charge < -0.3 is 4.74 Å². The van der Waals surface area contributed by atoms with Crippen molar-refractivity contribution in [2.24, 2.45) is 0 Å². The van der Waals surface area contributed by atoms with Gasteiger partial charge in [-0.25, -0.2) is 4.98 Å². The van der Waals surface area contributed by atoms with Gasteiger partial charge in [-0.2, -0.15) is 0 Å². The largest absolute Gasteiger partial charge is 0.379 e. The summed E-state index contributed by atoms with van der Waals surface area (Å²) >= 11 is 1.56. The second-order valence-corrected chi connectivity index (χ2v) is 9.00. The highest BCUT2D eigenvalue weighted by atomic mass is 32.1. The molecular formula is C24H25N5O2S. The average Bonchev–Trinajstić information content (AvgIpc) is 3.24. The topological polar surface area (TPSA) is 71.5 Å². The van der Waals surface area contributed by atoms with Crippen LogP contribution in [0.15, 0.2) is 48.8 Å². The summed E-state index contributed by atoms with van der Waals surface area (Å²) in [6.07, 6.45) is 4.17. The molecule has 0 spiro atoms. The Hall–Kier alpha value is -2.94. The smallest absolute Gasteiger partial charge is 0.260 e. The monoisotopic (exact) mass is 447 g/mol. The Morgan fingerprint density at radius 2 is 1.84 bits per heavy atom. The predicted molar refractivity (Wildman–Crippen MR) is 127 cm³/mol. The molecule has 1 aliphatic rings. The van der Waals surface area contributed by atoms with Gasteiger partial charge in [-0.3, -0.25) is 24.6 Å². The molecular weight excluding hydrogens is 422 g/mol. The molecule has 2 aromatic heterocycles. The molecule has 0 aliphatic carbocycles. The van der Waals surface area contributed by atoms with E-state index in [2.05, 4.69) is 33.9 Å². The molecule has 0 N–H and O–H groups in total. The number of hydrogen-bond acceptors (Lipinski definition) is 7. The quantitative estimate of drug-likeness (QED) is 0.446. The van der Waals surface area contributed by atoms with E-state index < -0.39 is 0 Å². The molecule has 0 bridgehead atoms. The molecule has 2 aromatic carbocycles. The van der Waals surface area contributed by atoms with Crippen molar-refractivity contribution in [2.45, 2.75) is 13.3 Å². The predicted octanol–water partition coefficient (Wildman–Crippen LogP) is 3.92. The summed E-state index contributed by atoms with van der Waals surface area (Å²) < 4.78 is 6.54. The third-order valence-corrected chi connectivity index (χ3v) is 6.73. The molecule has 7 nitrogen and oxygen atoms in total. The molecule has 1 aliphatic heterocycles. The van der Waals surface area contributed by atoms with Crippen molar-refractivity contribution in [2.75, 3.05) is 44.3 Å². The Balaban J connectivity index is 1.43. The SMILES string of the molecule is Cc1ccc2nc(N(CCCN3CCOCC3)C(=O)c3ccc4nccnc4c3)sc2c1. The van der Waals surface area contributed by atoms with Crippen LogP contribution in [-0.2, 0) is 4.74 Å². The van der Waals surface area contributed by atoms with E-state index in [1.165, 1.54) is 5.56 Å². The fraction of sp³-hybridized carbons (Fsp3) is 0.333. The number of amides is 1. The number of thiazole rings is 1. The van der Waals surface area contributed by atoms with Gasteiger partial charge in [0.05, 0.1) is 34.5 Å². The van der Waals surface area contributed by atoms with Crippen molar-refractivity contribution in [3.05, 3.63) is 59.9 Å². The Bertz CT molecular complexity index is 1250. The highest BCUT2D eigenvalue weighted by Gasteiger charge is 2.22. The summed E-state index contributed by atoms with van der Waals surface area (Å²) in [5.41, 5.74) is 4.20. The Kier molecular flexibility index (Phi) is 6.07. The zero-order chi connectivity index (χ0) is 21.9. The highest BCUT2D eigenvalue weighted by Crippen LogP contribution is 2.31. The first kappa shape index (κ1) is 20.9. The van der Waals surface area contributed by atoms with E-state index >= 15 is 0 Å². The van der Waals surface area contributed by atoms with E-state index in [-0.39, 0.29) is 5.91 Å². The van der Waals surface area contributed by atoms with Gasteiger partial charge in [0.1, 0.15) is 0 Å². The van der Waals surface area contributed by atoms with Crippen molar-refractivity contribution in [1.29, 1.82) is 0 Å². The van der Waals surface area contributed by atoms with Gasteiger partial charge in [-0.05, 0) is 49.2 Å². The van der Waals surface area contributed by atoms with Gasteiger partial charge in [0.25, 0.3) is 5.91 Å². The number of aryl methyl sites for hydroxylation is 1. The zero-order valence-corrected chi connectivity index (χ0v) is 18.8. The number of aromatic nitrogens is 3. The third kappa shape index (κ3) is 4.48. The zero-order valence-electron chi connectivity index (χ0n) is 18.0. The number of benzene rings is 2. The Labute approximate surface area is 190 Å². The highest BCUT2D eigenvalue weighted by molar-refractivity contribution is 7.22. The fourth-order valence-corrected chi connectivity index (χ4v) is 5.04. The molecule has 3 heterocycles. The lowest BCUT2D eigenvalue weighted by Crippen LogP contribution is -2.39. The van der Waals surface area contributed by atoms with Crippen LogP contribution in [0, 0.1) is 6.92 Å². The summed E-state index contributed by atoms with van der Waals surface area (Å²) in [6, 6.07) is 11.7. The fourth-order valence-electron chi connectivity index (χ4n) is 3.95. The van der Waals surface area contributed by atoms with Crippen molar-refractivity contribution in [3.8, 4) is 0 Å². The normalized spacial score (nSPS) is 14.8. The molecule has 32 heavy (non-hydrogen) atoms. The van der Waals surface area contributed by atoms with E-state index in [0.717, 1.165) is 60.1 Å². The lowest BCUT2D eigenvalue weighted by Gasteiger charge is -2.27. The molecule has 0 unspecified atom stereocenters. The van der Waals surface area contributed by atoms with Crippen LogP contribution >= 0.6 is 11.3 Å². The van der Waals surface area contributed by atoms with Crippen LogP contribution in [-0.4, -0.2) is 65.2 Å². The molecule has 0 saturated carbocycles. The van der Waals surface area contributed by atoms with Gasteiger partial charge in [-0.1, -0.05) is 17.4 Å². The second kappa shape index (κ2) is 9.28. The number of rotatable bonds is 6. The van der Waals surface area contributed by atoms with E-state index in [1.54, 1.807) is 23.7 Å². The minimum absolute atomic E-state index is 0.0599. The maximum absolute atomic E-state index is 13.6. The number of carbonyl (C=O) groups excluding carboxylic acids is 1. The molecule has 1 amide bonds. The Morgan fingerprint density at radius 3 is 2.69 bits per heavy atom. The third-order valence-electron chi connectivity index (χ3n) is 5.68. The van der Waals surface area contributed by atoms with Crippen LogP contribution < -0.4 is 4.90 Å². The first-order valence-electron chi connectivity index (χ1n) is 10.9. The van der Waals surface area contributed by atoms with Gasteiger partial charge >= 0.3 is 0 Å². The lowest BCUT2D eigenvalue weighted by atomic mass is 10.1. The second-order valence-electron chi connectivity index (χ2n) is 7.99. The molecule has 8 heteroatoms. The summed E-state index contributed by atoms with van der Waals surface area (Å²) in [5.74, 6) is -0.0599. The van der Waals surface area contributed by atoms with E-state index in [1.807, 2.05) is 29.2 Å². The van der Waals surface area contributed by atoms with Gasteiger partial charge in [0.15, 0.2) is 5.13 Å². The molecule has 164 valence electrons. The molecule has 0 atom stereocenters. The number of ether oxygens (including phenoxy) is 1.